The molecule has 5 heteroatoms. The average Bonchev–Trinajstić information content (AvgIpc) is 2.33. The molecule has 0 N–H and O–H groups in total. The predicted molar refractivity (Wildman–Crippen MR) is 75.2 cm³/mol. The van der Waals surface area contributed by atoms with E-state index in [0.717, 1.165) is 12.8 Å². The molecular formula is C13H15Cl3O2. The Morgan fingerprint density at radius 2 is 2.06 bits per heavy atom. The Morgan fingerprint density at radius 1 is 1.28 bits per heavy atom. The molecule has 0 bridgehead atoms. The molecule has 18 heavy (non-hydrogen) atoms. The number of hydrogen-bond donors (Lipinski definition) is 0. The fourth-order valence-electron chi connectivity index (χ4n) is 1.83. The van der Waals surface area contributed by atoms with Gasteiger partial charge in [0.15, 0.2) is 0 Å². The number of alkyl halides is 1. The standard InChI is InChI=1S/C13H15Cl3O2/c1-2-5-17-13-11(16)7-12(13)18-8-3-4-9(14)10(15)6-8/h3-4,6,11-13H,2,5,7H2,1H3. The maximum atomic E-state index is 6.12. The maximum absolute atomic E-state index is 6.12. The van der Waals surface area contributed by atoms with E-state index in [1.807, 2.05) is 0 Å². The lowest BCUT2D eigenvalue weighted by Gasteiger charge is -2.40. The van der Waals surface area contributed by atoms with Crippen LogP contribution in [0.2, 0.25) is 10.0 Å². The Labute approximate surface area is 122 Å². The molecule has 2 rings (SSSR count). The van der Waals surface area contributed by atoms with Crippen molar-refractivity contribution in [3.05, 3.63) is 28.2 Å². The number of halogens is 3. The van der Waals surface area contributed by atoms with E-state index < -0.39 is 0 Å². The zero-order valence-electron chi connectivity index (χ0n) is 10.0. The van der Waals surface area contributed by atoms with Crippen LogP contribution in [0.3, 0.4) is 0 Å². The van der Waals surface area contributed by atoms with Gasteiger partial charge in [0, 0.05) is 19.1 Å². The minimum Gasteiger partial charge on any atom is -0.488 e. The molecule has 1 fully saturated rings. The monoisotopic (exact) mass is 308 g/mol. The van der Waals surface area contributed by atoms with Gasteiger partial charge in [0.2, 0.25) is 0 Å². The third-order valence-electron chi connectivity index (χ3n) is 2.87. The maximum Gasteiger partial charge on any atom is 0.128 e. The van der Waals surface area contributed by atoms with Gasteiger partial charge in [0.1, 0.15) is 18.0 Å². The summed E-state index contributed by atoms with van der Waals surface area (Å²) >= 11 is 17.9. The van der Waals surface area contributed by atoms with Gasteiger partial charge >= 0.3 is 0 Å². The van der Waals surface area contributed by atoms with Crippen LogP contribution in [0.15, 0.2) is 18.2 Å². The molecule has 0 saturated heterocycles. The van der Waals surface area contributed by atoms with Crippen LogP contribution >= 0.6 is 34.8 Å². The first kappa shape index (κ1) is 14.3. The molecule has 0 spiro atoms. The Bertz CT molecular complexity index is 411. The molecule has 3 atom stereocenters. The van der Waals surface area contributed by atoms with E-state index in [-0.39, 0.29) is 17.6 Å². The lowest BCUT2D eigenvalue weighted by Crippen LogP contribution is -2.52. The number of benzene rings is 1. The van der Waals surface area contributed by atoms with E-state index >= 15 is 0 Å². The minimum atomic E-state index is -0.0407. The average molecular weight is 310 g/mol. The van der Waals surface area contributed by atoms with Gasteiger partial charge in [-0.2, -0.15) is 0 Å². The zero-order chi connectivity index (χ0) is 13.1. The molecule has 3 unspecified atom stereocenters. The van der Waals surface area contributed by atoms with Crippen LogP contribution in [0.25, 0.3) is 0 Å². The van der Waals surface area contributed by atoms with Crippen molar-refractivity contribution >= 4 is 34.8 Å². The molecule has 2 nitrogen and oxygen atoms in total. The van der Waals surface area contributed by atoms with Crippen molar-refractivity contribution in [2.24, 2.45) is 0 Å². The Kier molecular flexibility index (Phi) is 5.02. The van der Waals surface area contributed by atoms with Crippen LogP contribution in [0.1, 0.15) is 19.8 Å². The summed E-state index contributed by atoms with van der Waals surface area (Å²) in [5.41, 5.74) is 0. The Balaban J connectivity index is 1.94. The number of rotatable bonds is 5. The van der Waals surface area contributed by atoms with Gasteiger partial charge in [-0.05, 0) is 18.6 Å². The first-order chi connectivity index (χ1) is 8.61. The molecule has 0 heterocycles. The summed E-state index contributed by atoms with van der Waals surface area (Å²) in [5.74, 6) is 0.697. The third-order valence-corrected chi connectivity index (χ3v) is 4.04. The van der Waals surface area contributed by atoms with E-state index in [2.05, 4.69) is 6.92 Å². The summed E-state index contributed by atoms with van der Waals surface area (Å²) in [6.07, 6.45) is 1.72. The summed E-state index contributed by atoms with van der Waals surface area (Å²) in [7, 11) is 0. The highest BCUT2D eigenvalue weighted by Gasteiger charge is 2.42. The van der Waals surface area contributed by atoms with E-state index in [1.54, 1.807) is 18.2 Å². The van der Waals surface area contributed by atoms with Crippen molar-refractivity contribution < 1.29 is 9.47 Å². The summed E-state index contributed by atoms with van der Waals surface area (Å²) in [6.45, 7) is 2.77. The molecule has 1 aromatic rings. The highest BCUT2D eigenvalue weighted by molar-refractivity contribution is 6.42. The molecular weight excluding hydrogens is 294 g/mol. The van der Waals surface area contributed by atoms with Crippen molar-refractivity contribution in [2.45, 2.75) is 37.4 Å². The van der Waals surface area contributed by atoms with Gasteiger partial charge in [-0.15, -0.1) is 11.6 Å². The van der Waals surface area contributed by atoms with Gasteiger partial charge in [0.05, 0.1) is 15.4 Å². The van der Waals surface area contributed by atoms with Crippen LogP contribution in [0.4, 0.5) is 0 Å². The number of ether oxygens (including phenoxy) is 2. The molecule has 1 aliphatic carbocycles. The van der Waals surface area contributed by atoms with Gasteiger partial charge in [-0.25, -0.2) is 0 Å². The second-order valence-electron chi connectivity index (χ2n) is 4.32. The van der Waals surface area contributed by atoms with Crippen molar-refractivity contribution in [1.29, 1.82) is 0 Å². The minimum absolute atomic E-state index is 0.00343. The molecule has 0 amide bonds. The molecule has 1 saturated carbocycles. The van der Waals surface area contributed by atoms with Gasteiger partial charge in [-0.3, -0.25) is 0 Å². The SMILES string of the molecule is CCCOC1C(Cl)CC1Oc1ccc(Cl)c(Cl)c1. The van der Waals surface area contributed by atoms with Crippen molar-refractivity contribution in [2.75, 3.05) is 6.61 Å². The van der Waals surface area contributed by atoms with Crippen molar-refractivity contribution in [3.8, 4) is 5.75 Å². The van der Waals surface area contributed by atoms with E-state index in [9.17, 15) is 0 Å². The highest BCUT2D eigenvalue weighted by Crippen LogP contribution is 2.34. The van der Waals surface area contributed by atoms with E-state index in [0.29, 0.717) is 22.4 Å². The van der Waals surface area contributed by atoms with Gasteiger partial charge in [0.25, 0.3) is 0 Å². The molecule has 100 valence electrons. The molecule has 0 radical (unpaired) electrons. The second kappa shape index (κ2) is 6.33. The first-order valence-electron chi connectivity index (χ1n) is 5.99. The van der Waals surface area contributed by atoms with Crippen LogP contribution in [-0.4, -0.2) is 24.2 Å². The summed E-state index contributed by atoms with van der Waals surface area (Å²) in [5, 5.41) is 1.04. The Hall–Kier alpha value is -0.150. The highest BCUT2D eigenvalue weighted by atomic mass is 35.5. The van der Waals surface area contributed by atoms with Crippen molar-refractivity contribution in [3.63, 3.8) is 0 Å². The topological polar surface area (TPSA) is 18.5 Å². The smallest absolute Gasteiger partial charge is 0.128 e. The van der Waals surface area contributed by atoms with Crippen LogP contribution < -0.4 is 4.74 Å². The molecule has 1 aromatic carbocycles. The quantitative estimate of drug-likeness (QED) is 0.743. The largest absolute Gasteiger partial charge is 0.488 e. The van der Waals surface area contributed by atoms with Crippen molar-refractivity contribution in [1.82, 2.24) is 0 Å². The van der Waals surface area contributed by atoms with Crippen LogP contribution in [0.5, 0.6) is 5.75 Å². The zero-order valence-corrected chi connectivity index (χ0v) is 12.3. The molecule has 0 aliphatic heterocycles. The fourth-order valence-corrected chi connectivity index (χ4v) is 2.53. The molecule has 0 aromatic heterocycles. The summed E-state index contributed by atoms with van der Waals surface area (Å²) < 4.78 is 11.5. The normalized spacial score (nSPS) is 26.8. The summed E-state index contributed by atoms with van der Waals surface area (Å²) in [4.78, 5) is 0. The number of hydrogen-bond acceptors (Lipinski definition) is 2. The lowest BCUT2D eigenvalue weighted by molar-refractivity contribution is -0.0797. The fraction of sp³-hybridized carbons (Fsp3) is 0.538. The molecule has 1 aliphatic rings. The van der Waals surface area contributed by atoms with Gasteiger partial charge in [-0.1, -0.05) is 30.1 Å². The van der Waals surface area contributed by atoms with Gasteiger partial charge < -0.3 is 9.47 Å². The lowest BCUT2D eigenvalue weighted by atomic mass is 9.91. The van der Waals surface area contributed by atoms with E-state index in [4.69, 9.17) is 44.3 Å². The first-order valence-corrected chi connectivity index (χ1v) is 7.18. The third kappa shape index (κ3) is 3.24. The summed E-state index contributed by atoms with van der Waals surface area (Å²) in [6, 6.07) is 5.23. The second-order valence-corrected chi connectivity index (χ2v) is 5.69. The Morgan fingerprint density at radius 3 is 2.67 bits per heavy atom. The van der Waals surface area contributed by atoms with Crippen LogP contribution in [0, 0.1) is 0 Å². The van der Waals surface area contributed by atoms with Crippen LogP contribution in [-0.2, 0) is 4.74 Å². The van der Waals surface area contributed by atoms with E-state index in [1.165, 1.54) is 0 Å². The predicted octanol–water partition coefficient (Wildman–Crippen LogP) is 4.55.